The van der Waals surface area contributed by atoms with E-state index in [4.69, 9.17) is 26.9 Å². The lowest BCUT2D eigenvalue weighted by Gasteiger charge is -2.38. The van der Waals surface area contributed by atoms with Crippen LogP contribution in [0, 0.1) is 17.7 Å². The van der Waals surface area contributed by atoms with Crippen molar-refractivity contribution >= 4 is 34.9 Å². The summed E-state index contributed by atoms with van der Waals surface area (Å²) in [6.07, 6.45) is 6.50. The monoisotopic (exact) mass is 540 g/mol. The van der Waals surface area contributed by atoms with Gasteiger partial charge in [0.2, 0.25) is 5.95 Å². The molecule has 1 atom stereocenters. The van der Waals surface area contributed by atoms with Gasteiger partial charge in [-0.3, -0.25) is 0 Å². The molecule has 2 N–H and O–H groups in total. The smallest absolute Gasteiger partial charge is 0.232 e. The molecule has 2 aromatic rings. The van der Waals surface area contributed by atoms with Gasteiger partial charge in [0.05, 0.1) is 0 Å². The first-order chi connectivity index (χ1) is 18.4. The summed E-state index contributed by atoms with van der Waals surface area (Å²) < 4.78 is 19.3. The minimum absolute atomic E-state index is 0.167. The number of nitrogens with zero attached hydrogens (tertiary/aromatic N) is 4. The number of ether oxygens (including phenoxy) is 1. The number of aromatic nitrogens is 2. The Balaban J connectivity index is 1.32. The molecule has 4 heterocycles. The molecule has 0 amide bonds. The summed E-state index contributed by atoms with van der Waals surface area (Å²) in [7, 11) is 0. The number of rotatable bonds is 6. The SMILES string of the molecule is CC1CCN(c2cc(N3CCCC(C)C3)nc(NC(=S)NCC3(c4ccc(F)cc4)CCOCC3)n2)CC1. The third-order valence-electron chi connectivity index (χ3n) is 8.51. The van der Waals surface area contributed by atoms with Crippen molar-refractivity contribution in [2.75, 3.05) is 61.1 Å². The van der Waals surface area contributed by atoms with Gasteiger partial charge in [-0.05, 0) is 80.3 Å². The largest absolute Gasteiger partial charge is 0.381 e. The lowest BCUT2D eigenvalue weighted by atomic mass is 9.74. The Kier molecular flexibility index (Phi) is 8.63. The first kappa shape index (κ1) is 27.1. The van der Waals surface area contributed by atoms with Crippen LogP contribution in [0.4, 0.5) is 22.0 Å². The summed E-state index contributed by atoms with van der Waals surface area (Å²) in [6, 6.07) is 8.99. The molecule has 206 valence electrons. The van der Waals surface area contributed by atoms with Crippen LogP contribution in [0.15, 0.2) is 30.3 Å². The van der Waals surface area contributed by atoms with E-state index < -0.39 is 0 Å². The molecule has 7 nitrogen and oxygen atoms in total. The minimum Gasteiger partial charge on any atom is -0.381 e. The highest BCUT2D eigenvalue weighted by atomic mass is 32.1. The van der Waals surface area contributed by atoms with E-state index in [-0.39, 0.29) is 11.2 Å². The van der Waals surface area contributed by atoms with Crippen molar-refractivity contribution in [3.63, 3.8) is 0 Å². The van der Waals surface area contributed by atoms with E-state index in [1.807, 2.05) is 12.1 Å². The number of nitrogens with one attached hydrogen (secondary N) is 2. The molecule has 3 aliphatic rings. The van der Waals surface area contributed by atoms with Gasteiger partial charge in [0.1, 0.15) is 17.5 Å². The maximum absolute atomic E-state index is 13.6. The number of piperidine rings is 2. The van der Waals surface area contributed by atoms with Crippen molar-refractivity contribution in [3.8, 4) is 0 Å². The minimum atomic E-state index is -0.222. The van der Waals surface area contributed by atoms with Crippen molar-refractivity contribution in [2.45, 2.75) is 57.8 Å². The van der Waals surface area contributed by atoms with Crippen LogP contribution in [0.5, 0.6) is 0 Å². The van der Waals surface area contributed by atoms with Crippen LogP contribution >= 0.6 is 12.2 Å². The molecule has 1 aromatic carbocycles. The number of anilines is 3. The summed E-state index contributed by atoms with van der Waals surface area (Å²) in [4.78, 5) is 14.6. The number of hydrogen-bond acceptors (Lipinski definition) is 6. The van der Waals surface area contributed by atoms with Gasteiger partial charge in [0.15, 0.2) is 5.11 Å². The topological polar surface area (TPSA) is 65.5 Å². The molecular formula is C29H41FN6OS. The Morgan fingerprint density at radius 3 is 2.37 bits per heavy atom. The molecule has 3 fully saturated rings. The number of halogens is 1. The van der Waals surface area contributed by atoms with Gasteiger partial charge in [-0.1, -0.05) is 26.0 Å². The molecule has 9 heteroatoms. The molecule has 0 saturated carbocycles. The third-order valence-corrected chi connectivity index (χ3v) is 8.75. The number of thiocarbonyl (C=S) groups is 1. The molecule has 3 aliphatic heterocycles. The Morgan fingerprint density at radius 1 is 1.00 bits per heavy atom. The molecular weight excluding hydrogens is 499 g/mol. The highest BCUT2D eigenvalue weighted by Crippen LogP contribution is 2.34. The quantitative estimate of drug-likeness (QED) is 0.490. The Bertz CT molecular complexity index is 1080. The summed E-state index contributed by atoms with van der Waals surface area (Å²) in [5.74, 6) is 3.66. The second kappa shape index (κ2) is 12.1. The molecule has 5 rings (SSSR count). The fourth-order valence-electron chi connectivity index (χ4n) is 5.97. The first-order valence-electron chi connectivity index (χ1n) is 14.2. The van der Waals surface area contributed by atoms with Crippen molar-refractivity contribution in [1.82, 2.24) is 15.3 Å². The average Bonchev–Trinajstić information content (AvgIpc) is 2.93. The maximum Gasteiger partial charge on any atom is 0.232 e. The Morgan fingerprint density at radius 2 is 1.68 bits per heavy atom. The van der Waals surface area contributed by atoms with E-state index in [1.54, 1.807) is 0 Å². The molecule has 38 heavy (non-hydrogen) atoms. The predicted molar refractivity (Wildman–Crippen MR) is 156 cm³/mol. The summed E-state index contributed by atoms with van der Waals surface area (Å²) >= 11 is 5.74. The molecule has 1 unspecified atom stereocenters. The van der Waals surface area contributed by atoms with Gasteiger partial charge >= 0.3 is 0 Å². The third kappa shape index (κ3) is 6.54. The van der Waals surface area contributed by atoms with Gasteiger partial charge in [0.25, 0.3) is 0 Å². The normalized spacial score (nSPS) is 22.2. The second-order valence-corrected chi connectivity index (χ2v) is 11.9. The number of benzene rings is 1. The molecule has 3 saturated heterocycles. The van der Waals surface area contributed by atoms with E-state index >= 15 is 0 Å². The highest BCUT2D eigenvalue weighted by Gasteiger charge is 2.34. The van der Waals surface area contributed by atoms with Crippen LogP contribution in [0.3, 0.4) is 0 Å². The Hall–Kier alpha value is -2.52. The van der Waals surface area contributed by atoms with Crippen LogP contribution in [0.2, 0.25) is 0 Å². The predicted octanol–water partition coefficient (Wildman–Crippen LogP) is 5.12. The van der Waals surface area contributed by atoms with Crippen LogP contribution < -0.4 is 20.4 Å². The molecule has 0 bridgehead atoms. The zero-order valence-electron chi connectivity index (χ0n) is 22.7. The van der Waals surface area contributed by atoms with Crippen molar-refractivity contribution in [3.05, 3.63) is 41.7 Å². The first-order valence-corrected chi connectivity index (χ1v) is 14.6. The zero-order valence-corrected chi connectivity index (χ0v) is 23.5. The molecule has 1 aromatic heterocycles. The lowest BCUT2D eigenvalue weighted by Crippen LogP contribution is -2.45. The lowest BCUT2D eigenvalue weighted by molar-refractivity contribution is 0.0515. The van der Waals surface area contributed by atoms with E-state index in [1.165, 1.54) is 37.8 Å². The van der Waals surface area contributed by atoms with Crippen molar-refractivity contribution < 1.29 is 9.13 Å². The van der Waals surface area contributed by atoms with Crippen LogP contribution in [0.25, 0.3) is 0 Å². The van der Waals surface area contributed by atoms with E-state index in [0.717, 1.165) is 62.1 Å². The Labute approximate surface area is 231 Å². The summed E-state index contributed by atoms with van der Waals surface area (Å²) in [6.45, 7) is 10.7. The molecule has 0 aliphatic carbocycles. The molecule has 0 radical (unpaired) electrons. The summed E-state index contributed by atoms with van der Waals surface area (Å²) in [5, 5.41) is 7.22. The van der Waals surface area contributed by atoms with E-state index in [9.17, 15) is 4.39 Å². The standard InChI is InChI=1S/C29H41FN6OS/c1-21-9-14-35(15-10-21)25-18-26(36-13-3-4-22(2)19-36)33-27(32-25)34-28(38)31-20-29(11-16-37-17-12-29)23-5-7-24(30)8-6-23/h5-8,18,21-22H,3-4,9-17,19-20H2,1-2H3,(H2,31,32,33,34,38). The van der Waals surface area contributed by atoms with E-state index in [0.29, 0.717) is 36.7 Å². The number of hydrogen-bond donors (Lipinski definition) is 2. The van der Waals surface area contributed by atoms with Crippen molar-refractivity contribution in [2.24, 2.45) is 11.8 Å². The van der Waals surface area contributed by atoms with Crippen LogP contribution in [-0.4, -0.2) is 61.0 Å². The van der Waals surface area contributed by atoms with Gasteiger partial charge in [-0.2, -0.15) is 9.97 Å². The molecule has 0 spiro atoms. The fraction of sp³-hybridized carbons (Fsp3) is 0.621. The maximum atomic E-state index is 13.6. The second-order valence-electron chi connectivity index (χ2n) is 11.5. The van der Waals surface area contributed by atoms with Crippen molar-refractivity contribution in [1.29, 1.82) is 0 Å². The zero-order chi connectivity index (χ0) is 26.5. The summed E-state index contributed by atoms with van der Waals surface area (Å²) in [5.41, 5.74) is 0.941. The van der Waals surface area contributed by atoms with Gasteiger partial charge in [-0.25, -0.2) is 4.39 Å². The highest BCUT2D eigenvalue weighted by molar-refractivity contribution is 7.80. The van der Waals surface area contributed by atoms with Crippen LogP contribution in [0.1, 0.15) is 57.9 Å². The van der Waals surface area contributed by atoms with Gasteiger partial charge in [-0.15, -0.1) is 0 Å². The van der Waals surface area contributed by atoms with E-state index in [2.05, 4.69) is 40.3 Å². The van der Waals surface area contributed by atoms with Gasteiger partial charge in [0, 0.05) is 57.4 Å². The van der Waals surface area contributed by atoms with Crippen LogP contribution in [-0.2, 0) is 10.2 Å². The average molecular weight is 541 g/mol. The fourth-order valence-corrected chi connectivity index (χ4v) is 6.13. The van der Waals surface area contributed by atoms with Gasteiger partial charge < -0.3 is 25.2 Å².